The first-order chi connectivity index (χ1) is 11.1. The number of carbonyl (C=O) groups is 2. The van der Waals surface area contributed by atoms with E-state index in [1.54, 1.807) is 11.9 Å². The Morgan fingerprint density at radius 1 is 1.22 bits per heavy atom. The lowest BCUT2D eigenvalue weighted by Crippen LogP contribution is -2.45. The standard InChI is InChI=1S/C17H24N4O2/c1-20-11-14(16(18)17(20)23)19-10-12-5-7-13(8-6-12)21-9-3-2-4-15(21)22/h5-8,14,16,19H,2-4,9-11,18H2,1H3. The number of anilines is 1. The van der Waals surface area contributed by atoms with Crippen LogP contribution in [0.5, 0.6) is 0 Å². The van der Waals surface area contributed by atoms with Crippen LogP contribution in [0.3, 0.4) is 0 Å². The predicted molar refractivity (Wildman–Crippen MR) is 88.9 cm³/mol. The summed E-state index contributed by atoms with van der Waals surface area (Å²) in [6.07, 6.45) is 2.70. The molecule has 0 spiro atoms. The lowest BCUT2D eigenvalue weighted by Gasteiger charge is -2.27. The quantitative estimate of drug-likeness (QED) is 0.846. The number of nitrogens with one attached hydrogen (secondary N) is 1. The van der Waals surface area contributed by atoms with E-state index in [1.807, 2.05) is 29.2 Å². The largest absolute Gasteiger partial charge is 0.343 e. The molecule has 2 atom stereocenters. The zero-order chi connectivity index (χ0) is 16.4. The molecule has 0 aliphatic carbocycles. The third kappa shape index (κ3) is 3.38. The van der Waals surface area contributed by atoms with Gasteiger partial charge in [0.2, 0.25) is 11.8 Å². The van der Waals surface area contributed by atoms with Gasteiger partial charge in [-0.05, 0) is 30.5 Å². The van der Waals surface area contributed by atoms with Gasteiger partial charge in [-0.2, -0.15) is 0 Å². The van der Waals surface area contributed by atoms with E-state index in [-0.39, 0.29) is 17.9 Å². The van der Waals surface area contributed by atoms with Gasteiger partial charge < -0.3 is 20.9 Å². The Bertz CT molecular complexity index is 587. The van der Waals surface area contributed by atoms with Crippen molar-refractivity contribution in [1.29, 1.82) is 0 Å². The first kappa shape index (κ1) is 16.0. The van der Waals surface area contributed by atoms with Crippen molar-refractivity contribution in [3.63, 3.8) is 0 Å². The minimum Gasteiger partial charge on any atom is -0.343 e. The molecule has 23 heavy (non-hydrogen) atoms. The summed E-state index contributed by atoms with van der Waals surface area (Å²) >= 11 is 0. The summed E-state index contributed by atoms with van der Waals surface area (Å²) in [4.78, 5) is 27.2. The topological polar surface area (TPSA) is 78.7 Å². The molecule has 2 amide bonds. The number of benzene rings is 1. The van der Waals surface area contributed by atoms with Gasteiger partial charge in [-0.1, -0.05) is 12.1 Å². The van der Waals surface area contributed by atoms with Gasteiger partial charge in [-0.15, -0.1) is 0 Å². The van der Waals surface area contributed by atoms with Crippen LogP contribution in [-0.4, -0.2) is 48.9 Å². The molecule has 2 aliphatic heterocycles. The molecular formula is C17H24N4O2. The number of nitrogens with two attached hydrogens (primary N) is 1. The summed E-state index contributed by atoms with van der Waals surface area (Å²) in [6, 6.07) is 7.55. The molecule has 0 aromatic heterocycles. The third-order valence-electron chi connectivity index (χ3n) is 4.71. The van der Waals surface area contributed by atoms with Gasteiger partial charge in [-0.3, -0.25) is 9.59 Å². The van der Waals surface area contributed by atoms with Gasteiger partial charge in [0.15, 0.2) is 0 Å². The van der Waals surface area contributed by atoms with Gasteiger partial charge >= 0.3 is 0 Å². The van der Waals surface area contributed by atoms with Crippen LogP contribution in [0.1, 0.15) is 24.8 Å². The van der Waals surface area contributed by atoms with E-state index in [9.17, 15) is 9.59 Å². The molecule has 0 bridgehead atoms. The minimum atomic E-state index is -0.467. The summed E-state index contributed by atoms with van der Waals surface area (Å²) in [5.74, 6) is 0.196. The average Bonchev–Trinajstić information content (AvgIpc) is 2.81. The molecule has 6 heteroatoms. The van der Waals surface area contributed by atoms with Crippen molar-refractivity contribution in [3.05, 3.63) is 29.8 Å². The van der Waals surface area contributed by atoms with Crippen molar-refractivity contribution in [1.82, 2.24) is 10.2 Å². The molecule has 124 valence electrons. The molecule has 2 unspecified atom stereocenters. The van der Waals surface area contributed by atoms with Gasteiger partial charge in [0.1, 0.15) is 6.04 Å². The Kier molecular flexibility index (Phi) is 4.63. The van der Waals surface area contributed by atoms with Crippen molar-refractivity contribution in [2.75, 3.05) is 25.0 Å². The first-order valence-corrected chi connectivity index (χ1v) is 8.19. The molecule has 3 rings (SSSR count). The van der Waals surface area contributed by atoms with Crippen LogP contribution < -0.4 is 16.0 Å². The van der Waals surface area contributed by atoms with E-state index in [0.29, 0.717) is 19.5 Å². The van der Waals surface area contributed by atoms with Gasteiger partial charge in [0, 0.05) is 44.8 Å². The van der Waals surface area contributed by atoms with Gasteiger partial charge in [0.05, 0.1) is 0 Å². The van der Waals surface area contributed by atoms with E-state index in [1.165, 1.54) is 0 Å². The highest BCUT2D eigenvalue weighted by Gasteiger charge is 2.35. The van der Waals surface area contributed by atoms with Crippen molar-refractivity contribution >= 4 is 17.5 Å². The molecule has 1 aromatic rings. The molecule has 0 saturated carbocycles. The number of carbonyl (C=O) groups excluding carboxylic acids is 2. The molecule has 2 fully saturated rings. The zero-order valence-electron chi connectivity index (χ0n) is 13.5. The molecule has 2 aliphatic rings. The fraction of sp³-hybridized carbons (Fsp3) is 0.529. The van der Waals surface area contributed by atoms with E-state index < -0.39 is 6.04 Å². The highest BCUT2D eigenvalue weighted by molar-refractivity contribution is 5.93. The Morgan fingerprint density at radius 2 is 1.96 bits per heavy atom. The number of hydrogen-bond acceptors (Lipinski definition) is 4. The Hall–Kier alpha value is -1.92. The number of hydrogen-bond donors (Lipinski definition) is 2. The summed E-state index contributed by atoms with van der Waals surface area (Å²) < 4.78 is 0. The van der Waals surface area contributed by atoms with Crippen molar-refractivity contribution in [2.45, 2.75) is 37.9 Å². The van der Waals surface area contributed by atoms with E-state index >= 15 is 0 Å². The molecule has 2 saturated heterocycles. The fourth-order valence-electron chi connectivity index (χ4n) is 3.24. The fourth-order valence-corrected chi connectivity index (χ4v) is 3.24. The zero-order valence-corrected chi connectivity index (χ0v) is 13.5. The van der Waals surface area contributed by atoms with Crippen LogP contribution in [0.15, 0.2) is 24.3 Å². The number of piperidine rings is 1. The number of likely N-dealkylation sites (N-methyl/N-ethyl adjacent to an activating group) is 1. The van der Waals surface area contributed by atoms with Gasteiger partial charge in [-0.25, -0.2) is 0 Å². The maximum Gasteiger partial charge on any atom is 0.240 e. The second-order valence-electron chi connectivity index (χ2n) is 6.40. The first-order valence-electron chi connectivity index (χ1n) is 8.19. The maximum absolute atomic E-state index is 11.9. The highest BCUT2D eigenvalue weighted by atomic mass is 16.2. The van der Waals surface area contributed by atoms with E-state index in [4.69, 9.17) is 5.73 Å². The summed E-state index contributed by atoms with van der Waals surface area (Å²) in [5.41, 5.74) is 8.00. The second kappa shape index (κ2) is 6.68. The van der Waals surface area contributed by atoms with Crippen molar-refractivity contribution < 1.29 is 9.59 Å². The van der Waals surface area contributed by atoms with E-state index in [2.05, 4.69) is 5.32 Å². The molecule has 0 radical (unpaired) electrons. The smallest absolute Gasteiger partial charge is 0.240 e. The maximum atomic E-state index is 11.9. The van der Waals surface area contributed by atoms with Gasteiger partial charge in [0.25, 0.3) is 0 Å². The average molecular weight is 316 g/mol. The number of likely N-dealkylation sites (tertiary alicyclic amines) is 1. The predicted octanol–water partition coefficient (Wildman–Crippen LogP) is 0.461. The third-order valence-corrected chi connectivity index (χ3v) is 4.71. The molecule has 6 nitrogen and oxygen atoms in total. The lowest BCUT2D eigenvalue weighted by atomic mass is 10.1. The molecule has 3 N–H and O–H groups in total. The molecule has 1 aromatic carbocycles. The highest BCUT2D eigenvalue weighted by Crippen LogP contribution is 2.21. The Morgan fingerprint density at radius 3 is 2.57 bits per heavy atom. The monoisotopic (exact) mass is 316 g/mol. The van der Waals surface area contributed by atoms with Crippen LogP contribution in [0, 0.1) is 0 Å². The van der Waals surface area contributed by atoms with Crippen LogP contribution in [0.4, 0.5) is 5.69 Å². The van der Waals surface area contributed by atoms with E-state index in [0.717, 1.165) is 30.6 Å². The van der Waals surface area contributed by atoms with Crippen LogP contribution in [-0.2, 0) is 16.1 Å². The molecule has 2 heterocycles. The summed E-state index contributed by atoms with van der Waals surface area (Å²) in [6.45, 7) is 2.11. The van der Waals surface area contributed by atoms with Crippen molar-refractivity contribution in [2.24, 2.45) is 5.73 Å². The van der Waals surface area contributed by atoms with Crippen LogP contribution in [0.2, 0.25) is 0 Å². The Labute approximate surface area is 136 Å². The molecular weight excluding hydrogens is 292 g/mol. The number of nitrogens with zero attached hydrogens (tertiary/aromatic N) is 2. The summed E-state index contributed by atoms with van der Waals surface area (Å²) in [7, 11) is 1.77. The SMILES string of the molecule is CN1CC(NCc2ccc(N3CCCCC3=O)cc2)C(N)C1=O. The summed E-state index contributed by atoms with van der Waals surface area (Å²) in [5, 5.41) is 3.35. The lowest BCUT2D eigenvalue weighted by molar-refractivity contribution is -0.127. The van der Waals surface area contributed by atoms with Crippen LogP contribution in [0.25, 0.3) is 0 Å². The normalized spacial score (nSPS) is 25.3. The number of rotatable bonds is 4. The Balaban J connectivity index is 1.58. The van der Waals surface area contributed by atoms with Crippen LogP contribution >= 0.6 is 0 Å². The minimum absolute atomic E-state index is 0.0125. The second-order valence-corrected chi connectivity index (χ2v) is 6.40. The number of amides is 2. The van der Waals surface area contributed by atoms with Crippen molar-refractivity contribution in [3.8, 4) is 0 Å².